The van der Waals surface area contributed by atoms with Crippen LogP contribution >= 0.6 is 11.3 Å². The first-order valence-electron chi connectivity index (χ1n) is 12.2. The number of rotatable bonds is 7. The average molecular weight is 545 g/mol. The largest absolute Gasteiger partial charge is 0.494 e. The Kier molecular flexibility index (Phi) is 6.11. The van der Waals surface area contributed by atoms with Crippen LogP contribution in [-0.2, 0) is 0 Å². The summed E-state index contributed by atoms with van der Waals surface area (Å²) in [7, 11) is 4.54. The van der Waals surface area contributed by atoms with E-state index in [-0.39, 0.29) is 16.8 Å². The Morgan fingerprint density at radius 3 is 2.41 bits per heavy atom. The Morgan fingerprint density at radius 1 is 0.974 bits per heavy atom. The van der Waals surface area contributed by atoms with Crippen LogP contribution in [0.25, 0.3) is 21.2 Å². The van der Waals surface area contributed by atoms with Gasteiger partial charge < -0.3 is 23.4 Å². The van der Waals surface area contributed by atoms with Crippen LogP contribution in [0, 0.1) is 0 Å². The van der Waals surface area contributed by atoms with Crippen LogP contribution in [0.5, 0.6) is 23.0 Å². The van der Waals surface area contributed by atoms with Gasteiger partial charge >= 0.3 is 0 Å². The number of carbonyl (C=O) groups excluding carboxylic acids is 1. The van der Waals surface area contributed by atoms with Gasteiger partial charge in [0.15, 0.2) is 22.1 Å². The van der Waals surface area contributed by atoms with Crippen molar-refractivity contribution < 1.29 is 28.2 Å². The molecule has 5 aromatic rings. The molecule has 0 saturated heterocycles. The fraction of sp³-hybridized carbons (Fsp3) is 0.207. The third-order valence-electron chi connectivity index (χ3n) is 6.65. The number of amides is 1. The molecule has 0 bridgehead atoms. The van der Waals surface area contributed by atoms with Gasteiger partial charge in [0.1, 0.15) is 11.3 Å². The van der Waals surface area contributed by atoms with Gasteiger partial charge in [-0.25, -0.2) is 4.98 Å². The van der Waals surface area contributed by atoms with Gasteiger partial charge in [-0.3, -0.25) is 14.5 Å². The number of hydrogen-bond acceptors (Lipinski definition) is 9. The number of aromatic nitrogens is 1. The lowest BCUT2D eigenvalue weighted by atomic mass is 9.98. The fourth-order valence-electron chi connectivity index (χ4n) is 4.94. The number of fused-ring (bicyclic) bond motifs is 3. The highest BCUT2D eigenvalue weighted by Crippen LogP contribution is 2.47. The first-order chi connectivity index (χ1) is 19.0. The molecule has 6 rings (SSSR count). The predicted molar refractivity (Wildman–Crippen MR) is 148 cm³/mol. The lowest BCUT2D eigenvalue weighted by Gasteiger charge is -2.24. The molecule has 1 aliphatic heterocycles. The Balaban J connectivity index is 1.62. The van der Waals surface area contributed by atoms with Gasteiger partial charge in [0.25, 0.3) is 5.91 Å². The minimum atomic E-state index is -0.853. The lowest BCUT2D eigenvalue weighted by molar-refractivity contribution is 0.0971. The molecular formula is C29H24N2O7S. The summed E-state index contributed by atoms with van der Waals surface area (Å²) in [6, 6.07) is 15.1. The van der Waals surface area contributed by atoms with Crippen molar-refractivity contribution in [3.8, 4) is 23.0 Å². The van der Waals surface area contributed by atoms with Gasteiger partial charge in [0.2, 0.25) is 11.5 Å². The highest BCUT2D eigenvalue weighted by atomic mass is 32.1. The van der Waals surface area contributed by atoms with E-state index >= 15 is 0 Å². The van der Waals surface area contributed by atoms with Crippen LogP contribution in [0.15, 0.2) is 63.8 Å². The zero-order valence-electron chi connectivity index (χ0n) is 21.6. The van der Waals surface area contributed by atoms with Gasteiger partial charge in [-0.2, -0.15) is 0 Å². The predicted octanol–water partition coefficient (Wildman–Crippen LogP) is 5.58. The third kappa shape index (κ3) is 3.87. The molecule has 1 atom stereocenters. The molecule has 0 N–H and O–H groups in total. The molecule has 0 fully saturated rings. The summed E-state index contributed by atoms with van der Waals surface area (Å²) in [6.07, 6.45) is 0. The number of carbonyl (C=O) groups is 1. The van der Waals surface area contributed by atoms with Crippen LogP contribution < -0.4 is 29.3 Å². The smallest absolute Gasteiger partial charge is 0.297 e. The Labute approximate surface area is 227 Å². The Bertz CT molecular complexity index is 1780. The summed E-state index contributed by atoms with van der Waals surface area (Å²) >= 11 is 1.33. The first-order valence-corrected chi connectivity index (χ1v) is 13.0. The molecule has 1 amide bonds. The maximum Gasteiger partial charge on any atom is 0.297 e. The van der Waals surface area contributed by atoms with Crippen molar-refractivity contribution in [1.29, 1.82) is 0 Å². The maximum atomic E-state index is 14.0. The van der Waals surface area contributed by atoms with E-state index in [4.69, 9.17) is 28.3 Å². The molecule has 0 spiro atoms. The number of hydrogen-bond donors (Lipinski definition) is 0. The molecule has 198 valence electrons. The van der Waals surface area contributed by atoms with Crippen molar-refractivity contribution in [2.45, 2.75) is 13.0 Å². The molecule has 3 heterocycles. The highest BCUT2D eigenvalue weighted by molar-refractivity contribution is 7.22. The molecule has 0 radical (unpaired) electrons. The van der Waals surface area contributed by atoms with E-state index in [1.165, 1.54) is 37.6 Å². The molecule has 0 unspecified atom stereocenters. The number of nitrogens with zero attached hydrogens (tertiary/aromatic N) is 2. The fourth-order valence-corrected chi connectivity index (χ4v) is 5.96. The first kappa shape index (κ1) is 24.7. The second kappa shape index (κ2) is 9.63. The minimum absolute atomic E-state index is 0.0216. The van der Waals surface area contributed by atoms with Crippen molar-refractivity contribution in [2.75, 3.05) is 32.8 Å². The summed E-state index contributed by atoms with van der Waals surface area (Å²) in [6.45, 7) is 2.44. The summed E-state index contributed by atoms with van der Waals surface area (Å²) < 4.78 is 29.2. The van der Waals surface area contributed by atoms with Crippen LogP contribution in [0.3, 0.4) is 0 Å². The molecular weight excluding hydrogens is 520 g/mol. The van der Waals surface area contributed by atoms with Crippen molar-refractivity contribution in [3.63, 3.8) is 0 Å². The van der Waals surface area contributed by atoms with Crippen molar-refractivity contribution >= 4 is 43.6 Å². The third-order valence-corrected chi connectivity index (χ3v) is 7.66. The number of thiazole rings is 1. The number of para-hydroxylation sites is 1. The average Bonchev–Trinajstić information content (AvgIpc) is 3.50. The number of anilines is 1. The molecule has 0 saturated carbocycles. The van der Waals surface area contributed by atoms with Gasteiger partial charge in [-0.15, -0.1) is 0 Å². The van der Waals surface area contributed by atoms with E-state index in [9.17, 15) is 9.59 Å². The van der Waals surface area contributed by atoms with E-state index in [1.54, 1.807) is 36.4 Å². The summed E-state index contributed by atoms with van der Waals surface area (Å²) in [4.78, 5) is 34.2. The number of benzene rings is 3. The minimum Gasteiger partial charge on any atom is -0.494 e. The second-order valence-corrected chi connectivity index (χ2v) is 9.77. The molecule has 10 heteroatoms. The van der Waals surface area contributed by atoms with E-state index in [1.807, 2.05) is 25.1 Å². The van der Waals surface area contributed by atoms with Gasteiger partial charge in [0, 0.05) is 0 Å². The molecule has 3 aromatic carbocycles. The normalized spacial score (nSPS) is 14.6. The SMILES string of the molecule is CCOc1ccc2nc(N3C(=O)c4oc5ccccc5c(=O)c4[C@H]3c3cc(OC)c(OC)c(OC)c3)sc2c1. The second-order valence-electron chi connectivity index (χ2n) is 8.77. The van der Waals surface area contributed by atoms with Crippen molar-refractivity contribution in [3.05, 3.63) is 81.7 Å². The van der Waals surface area contributed by atoms with E-state index in [2.05, 4.69) is 0 Å². The summed E-state index contributed by atoms with van der Waals surface area (Å²) in [5, 5.41) is 0.797. The Hall–Kier alpha value is -4.57. The van der Waals surface area contributed by atoms with Gasteiger partial charge in [0.05, 0.1) is 55.1 Å². The number of ether oxygens (including phenoxy) is 4. The molecule has 9 nitrogen and oxygen atoms in total. The monoisotopic (exact) mass is 544 g/mol. The van der Waals surface area contributed by atoms with E-state index < -0.39 is 11.9 Å². The van der Waals surface area contributed by atoms with Gasteiger partial charge in [-0.05, 0) is 55.0 Å². The quantitative estimate of drug-likeness (QED) is 0.262. The van der Waals surface area contributed by atoms with Crippen LogP contribution in [0.2, 0.25) is 0 Å². The standard InChI is InChI=1S/C29H24N2O7S/c1-5-37-16-10-11-18-22(14-16)39-29(30-18)31-24(15-12-20(34-2)26(36-4)21(13-15)35-3)23-25(32)17-8-6-7-9-19(17)38-27(23)28(31)33/h6-14,24H,5H2,1-4H3/t24-/m1/s1. The topological polar surface area (TPSA) is 100 Å². The summed E-state index contributed by atoms with van der Waals surface area (Å²) in [5.41, 5.74) is 1.55. The molecule has 2 aromatic heterocycles. The Morgan fingerprint density at radius 2 is 1.72 bits per heavy atom. The molecule has 0 aliphatic carbocycles. The molecule has 1 aliphatic rings. The summed E-state index contributed by atoms with van der Waals surface area (Å²) in [5.74, 6) is 1.41. The van der Waals surface area contributed by atoms with Crippen LogP contribution in [-0.4, -0.2) is 38.8 Å². The number of methoxy groups -OCH3 is 3. The van der Waals surface area contributed by atoms with E-state index in [0.717, 1.165) is 4.70 Å². The van der Waals surface area contributed by atoms with Crippen LogP contribution in [0.4, 0.5) is 5.13 Å². The molecule has 39 heavy (non-hydrogen) atoms. The lowest BCUT2D eigenvalue weighted by Crippen LogP contribution is -2.29. The van der Waals surface area contributed by atoms with Crippen LogP contribution in [0.1, 0.15) is 34.6 Å². The maximum absolute atomic E-state index is 14.0. The van der Waals surface area contributed by atoms with E-state index in [0.29, 0.717) is 56.8 Å². The zero-order chi connectivity index (χ0) is 27.3. The van der Waals surface area contributed by atoms with Crippen molar-refractivity contribution in [1.82, 2.24) is 4.98 Å². The van der Waals surface area contributed by atoms with Crippen molar-refractivity contribution in [2.24, 2.45) is 0 Å². The van der Waals surface area contributed by atoms with Gasteiger partial charge in [-0.1, -0.05) is 23.5 Å². The highest BCUT2D eigenvalue weighted by Gasteiger charge is 2.45. The zero-order valence-corrected chi connectivity index (χ0v) is 22.5.